The van der Waals surface area contributed by atoms with Crippen molar-refractivity contribution in [1.82, 2.24) is 0 Å². The first-order valence-corrected chi connectivity index (χ1v) is 3.06. The molecule has 1 unspecified atom stereocenters. The molecule has 0 aliphatic rings. The van der Waals surface area contributed by atoms with E-state index in [4.69, 9.17) is 15.9 Å². The third-order valence-electron chi connectivity index (χ3n) is 1.44. The molecule has 0 spiro atoms. The largest absolute Gasteiger partial charge is 0.481 e. The highest BCUT2D eigenvalue weighted by Crippen LogP contribution is 2.08. The van der Waals surface area contributed by atoms with E-state index in [2.05, 4.69) is 0 Å². The SMILES string of the molecule is CC(=O)C(N)(CC(=O)O)C(=O)O. The average molecular weight is 175 g/mol. The van der Waals surface area contributed by atoms with Crippen molar-refractivity contribution < 1.29 is 24.6 Å². The maximum atomic E-state index is 10.7. The van der Waals surface area contributed by atoms with Crippen LogP contribution in [0.1, 0.15) is 13.3 Å². The molecule has 0 saturated heterocycles. The Balaban J connectivity index is 4.75. The molecule has 0 rings (SSSR count). The Kier molecular flexibility index (Phi) is 2.92. The summed E-state index contributed by atoms with van der Waals surface area (Å²) in [6.45, 7) is 0.942. The fourth-order valence-electron chi connectivity index (χ4n) is 0.589. The number of Topliss-reactive ketones (excluding diaryl/α,β-unsaturated/α-hetero) is 1. The van der Waals surface area contributed by atoms with Crippen LogP contribution in [0.3, 0.4) is 0 Å². The molecular weight excluding hydrogens is 166 g/mol. The maximum absolute atomic E-state index is 10.7. The topological polar surface area (TPSA) is 118 Å². The van der Waals surface area contributed by atoms with E-state index in [-0.39, 0.29) is 0 Å². The van der Waals surface area contributed by atoms with E-state index in [9.17, 15) is 14.4 Å². The number of hydrogen-bond acceptors (Lipinski definition) is 4. The molecule has 0 aliphatic carbocycles. The first-order valence-electron chi connectivity index (χ1n) is 3.06. The number of rotatable bonds is 4. The van der Waals surface area contributed by atoms with Gasteiger partial charge < -0.3 is 15.9 Å². The van der Waals surface area contributed by atoms with Crippen LogP contribution in [0.2, 0.25) is 0 Å². The fraction of sp³-hybridized carbons (Fsp3) is 0.500. The Morgan fingerprint density at radius 3 is 1.83 bits per heavy atom. The molecule has 68 valence electrons. The summed E-state index contributed by atoms with van der Waals surface area (Å²) in [6, 6.07) is 0. The molecule has 6 heteroatoms. The van der Waals surface area contributed by atoms with Crippen LogP contribution < -0.4 is 5.73 Å². The molecule has 0 bridgehead atoms. The predicted molar refractivity (Wildman–Crippen MR) is 37.5 cm³/mol. The highest BCUT2D eigenvalue weighted by Gasteiger charge is 2.41. The molecule has 6 nitrogen and oxygen atoms in total. The number of ketones is 1. The smallest absolute Gasteiger partial charge is 0.332 e. The van der Waals surface area contributed by atoms with Crippen molar-refractivity contribution in [3.63, 3.8) is 0 Å². The molecule has 12 heavy (non-hydrogen) atoms. The lowest BCUT2D eigenvalue weighted by atomic mass is 9.92. The lowest BCUT2D eigenvalue weighted by molar-refractivity contribution is -0.153. The lowest BCUT2D eigenvalue weighted by Crippen LogP contribution is -2.55. The minimum atomic E-state index is -2.30. The number of aliphatic carboxylic acids is 2. The number of carboxylic acids is 2. The molecule has 0 saturated carbocycles. The zero-order valence-corrected chi connectivity index (χ0v) is 6.40. The summed E-state index contributed by atoms with van der Waals surface area (Å²) in [6.07, 6.45) is -0.905. The lowest BCUT2D eigenvalue weighted by Gasteiger charge is -2.18. The zero-order valence-electron chi connectivity index (χ0n) is 6.40. The summed E-state index contributed by atoms with van der Waals surface area (Å²) in [5.41, 5.74) is 2.75. The van der Waals surface area contributed by atoms with Gasteiger partial charge in [0.05, 0.1) is 6.42 Å². The van der Waals surface area contributed by atoms with Crippen molar-refractivity contribution >= 4 is 17.7 Å². The number of carboxylic acid groups (broad SMARTS) is 2. The van der Waals surface area contributed by atoms with Crippen molar-refractivity contribution in [2.24, 2.45) is 5.73 Å². The highest BCUT2D eigenvalue weighted by molar-refractivity contribution is 6.08. The van der Waals surface area contributed by atoms with Crippen LogP contribution in [-0.2, 0) is 14.4 Å². The first kappa shape index (κ1) is 10.6. The van der Waals surface area contributed by atoms with Gasteiger partial charge in [0.1, 0.15) is 0 Å². The fourth-order valence-corrected chi connectivity index (χ4v) is 0.589. The van der Waals surface area contributed by atoms with Crippen LogP contribution in [0.5, 0.6) is 0 Å². The molecular formula is C6H9NO5. The summed E-state index contributed by atoms with van der Waals surface area (Å²) in [4.78, 5) is 31.2. The minimum absolute atomic E-state index is 0.877. The summed E-state index contributed by atoms with van der Waals surface area (Å²) in [7, 11) is 0. The van der Waals surface area contributed by atoms with Crippen molar-refractivity contribution in [2.75, 3.05) is 0 Å². The molecule has 0 amide bonds. The molecule has 0 aliphatic heterocycles. The first-order chi connectivity index (χ1) is 5.30. The average Bonchev–Trinajstić information content (AvgIpc) is 1.84. The second kappa shape index (κ2) is 3.31. The van der Waals surface area contributed by atoms with Crippen LogP contribution in [0.4, 0.5) is 0 Å². The molecule has 0 aromatic carbocycles. The van der Waals surface area contributed by atoms with Crippen LogP contribution in [0.15, 0.2) is 0 Å². The number of carbonyl (C=O) groups excluding carboxylic acids is 1. The van der Waals surface area contributed by atoms with Crippen molar-refractivity contribution in [1.29, 1.82) is 0 Å². The maximum Gasteiger partial charge on any atom is 0.332 e. The van der Waals surface area contributed by atoms with Crippen molar-refractivity contribution in [2.45, 2.75) is 18.9 Å². The molecule has 0 fully saturated rings. The summed E-state index contributed by atoms with van der Waals surface area (Å²) >= 11 is 0. The van der Waals surface area contributed by atoms with Gasteiger partial charge in [-0.05, 0) is 6.92 Å². The summed E-state index contributed by atoms with van der Waals surface area (Å²) < 4.78 is 0. The number of carbonyl (C=O) groups is 3. The third-order valence-corrected chi connectivity index (χ3v) is 1.44. The highest BCUT2D eigenvalue weighted by atomic mass is 16.4. The van der Waals surface area contributed by atoms with Gasteiger partial charge in [0.15, 0.2) is 11.3 Å². The standard InChI is InChI=1S/C6H9NO5/c1-3(8)6(7,5(11)12)2-4(9)10/h2,7H2,1H3,(H,9,10)(H,11,12). The van der Waals surface area contributed by atoms with E-state index < -0.39 is 29.7 Å². The zero-order chi connectivity index (χ0) is 9.94. The molecule has 0 aromatic rings. The number of hydrogen-bond donors (Lipinski definition) is 3. The monoisotopic (exact) mass is 175 g/mol. The summed E-state index contributed by atoms with van der Waals surface area (Å²) in [5, 5.41) is 16.7. The van der Waals surface area contributed by atoms with E-state index in [1.807, 2.05) is 0 Å². The van der Waals surface area contributed by atoms with Gasteiger partial charge in [-0.1, -0.05) is 0 Å². The molecule has 0 heterocycles. The molecule has 0 radical (unpaired) electrons. The van der Waals surface area contributed by atoms with E-state index in [1.165, 1.54) is 0 Å². The van der Waals surface area contributed by atoms with Gasteiger partial charge in [0.2, 0.25) is 0 Å². The molecule has 0 aromatic heterocycles. The second-order valence-corrected chi connectivity index (χ2v) is 2.40. The third kappa shape index (κ3) is 2.03. The molecule has 1 atom stereocenters. The number of nitrogens with two attached hydrogens (primary N) is 1. The van der Waals surface area contributed by atoms with Crippen LogP contribution in [0, 0.1) is 0 Å². The van der Waals surface area contributed by atoms with Gasteiger partial charge in [-0.15, -0.1) is 0 Å². The van der Waals surface area contributed by atoms with Crippen LogP contribution in [0.25, 0.3) is 0 Å². The predicted octanol–water partition coefficient (Wildman–Crippen LogP) is -1.17. The van der Waals surface area contributed by atoms with Gasteiger partial charge in [-0.3, -0.25) is 9.59 Å². The van der Waals surface area contributed by atoms with E-state index in [0.29, 0.717) is 0 Å². The quantitative estimate of drug-likeness (QED) is 0.463. The van der Waals surface area contributed by atoms with E-state index in [1.54, 1.807) is 0 Å². The van der Waals surface area contributed by atoms with Gasteiger partial charge in [0, 0.05) is 0 Å². The normalized spacial score (nSPS) is 14.8. The minimum Gasteiger partial charge on any atom is -0.481 e. The van der Waals surface area contributed by atoms with Gasteiger partial charge >= 0.3 is 11.9 Å². The second-order valence-electron chi connectivity index (χ2n) is 2.40. The molecule has 4 N–H and O–H groups in total. The Morgan fingerprint density at radius 2 is 1.75 bits per heavy atom. The summed E-state index contributed by atoms with van der Waals surface area (Å²) in [5.74, 6) is -3.93. The van der Waals surface area contributed by atoms with Crippen molar-refractivity contribution in [3.8, 4) is 0 Å². The van der Waals surface area contributed by atoms with E-state index in [0.717, 1.165) is 6.92 Å². The van der Waals surface area contributed by atoms with Gasteiger partial charge in [-0.2, -0.15) is 0 Å². The van der Waals surface area contributed by atoms with Crippen LogP contribution in [-0.4, -0.2) is 33.5 Å². The van der Waals surface area contributed by atoms with Crippen molar-refractivity contribution in [3.05, 3.63) is 0 Å². The Hall–Kier alpha value is -1.43. The van der Waals surface area contributed by atoms with Gasteiger partial charge in [0.25, 0.3) is 0 Å². The van der Waals surface area contributed by atoms with Crippen LogP contribution >= 0.6 is 0 Å². The van der Waals surface area contributed by atoms with E-state index >= 15 is 0 Å². The van der Waals surface area contributed by atoms with Gasteiger partial charge in [-0.25, -0.2) is 4.79 Å². The Labute approximate surface area is 68.0 Å². The Morgan fingerprint density at radius 1 is 1.33 bits per heavy atom. The Bertz CT molecular complexity index is 220.